The number of amides is 4. The first-order valence-corrected chi connectivity index (χ1v) is 26.1. The Morgan fingerprint density at radius 1 is 0.859 bits per heavy atom. The molecule has 0 saturated carbocycles. The molecule has 6 N–H and O–H groups in total. The molecule has 20 heteroatoms. The third-order valence-corrected chi connectivity index (χ3v) is 15.0. The number of aromatic nitrogens is 3. The average molecular weight is 1010 g/mol. The first-order chi connectivity index (χ1) is 33.5. The summed E-state index contributed by atoms with van der Waals surface area (Å²) in [5.74, 6) is -0.598. The Morgan fingerprint density at radius 2 is 1.56 bits per heavy atom. The number of benzene rings is 3. The van der Waals surface area contributed by atoms with Crippen molar-refractivity contribution in [2.45, 2.75) is 110 Å². The summed E-state index contributed by atoms with van der Waals surface area (Å²) in [6.45, 7) is 17.0. The number of anilines is 5. The molecular weight excluding hydrogens is 943 g/mol. The van der Waals surface area contributed by atoms with E-state index in [2.05, 4.69) is 45.8 Å². The maximum absolute atomic E-state index is 14.1. The minimum Gasteiger partial charge on any atom is -0.391 e. The van der Waals surface area contributed by atoms with E-state index in [1.807, 2.05) is 83.1 Å². The fourth-order valence-corrected chi connectivity index (χ4v) is 10.7. The zero-order valence-electron chi connectivity index (χ0n) is 41.6. The molecule has 1 unspecified atom stereocenters. The lowest BCUT2D eigenvalue weighted by molar-refractivity contribution is -0.144. The minimum absolute atomic E-state index is 0.0307. The van der Waals surface area contributed by atoms with Gasteiger partial charge in [-0.15, -0.1) is 11.3 Å². The number of nitrogens with one attached hydrogen (secondary N) is 5. The van der Waals surface area contributed by atoms with Crippen molar-refractivity contribution in [3.05, 3.63) is 101 Å². The van der Waals surface area contributed by atoms with E-state index in [9.17, 15) is 32.7 Å². The number of β-amino-alcohol motifs (C(OH)–C–C–N with tert-alkyl or cyclic N) is 1. The van der Waals surface area contributed by atoms with Crippen molar-refractivity contribution in [2.24, 2.45) is 5.41 Å². The van der Waals surface area contributed by atoms with Crippen molar-refractivity contribution in [1.82, 2.24) is 40.1 Å². The highest BCUT2D eigenvalue weighted by molar-refractivity contribution is 7.89. The van der Waals surface area contributed by atoms with Crippen LogP contribution in [0, 0.1) is 19.3 Å². The summed E-state index contributed by atoms with van der Waals surface area (Å²) in [5, 5.41) is 22.9. The number of sulfonamides is 1. The lowest BCUT2D eigenvalue weighted by atomic mass is 9.85. The predicted octanol–water partition coefficient (Wildman–Crippen LogP) is 6.02. The Kier molecular flexibility index (Phi) is 16.1. The zero-order chi connectivity index (χ0) is 51.3. The number of carbonyl (C=O) groups excluding carboxylic acids is 4. The van der Waals surface area contributed by atoms with Gasteiger partial charge in [0.25, 0.3) is 0 Å². The van der Waals surface area contributed by atoms with Crippen molar-refractivity contribution in [3.8, 4) is 10.4 Å². The van der Waals surface area contributed by atoms with Gasteiger partial charge < -0.3 is 41.1 Å². The van der Waals surface area contributed by atoms with Gasteiger partial charge in [0.05, 0.1) is 27.1 Å². The van der Waals surface area contributed by atoms with Gasteiger partial charge in [-0.1, -0.05) is 51.1 Å². The van der Waals surface area contributed by atoms with Gasteiger partial charge in [0.15, 0.2) is 0 Å². The molecule has 5 aromatic rings. The molecule has 378 valence electrons. The molecule has 18 nitrogen and oxygen atoms in total. The van der Waals surface area contributed by atoms with Crippen LogP contribution in [-0.2, 0) is 35.7 Å². The molecule has 3 atom stereocenters. The molecule has 0 radical (unpaired) electrons. The molecule has 4 amide bonds. The summed E-state index contributed by atoms with van der Waals surface area (Å²) < 4.78 is 28.6. The molecule has 71 heavy (non-hydrogen) atoms. The maximum atomic E-state index is 14.1. The topological polar surface area (TPSA) is 231 Å². The van der Waals surface area contributed by atoms with E-state index >= 15 is 0 Å². The summed E-state index contributed by atoms with van der Waals surface area (Å²) in [4.78, 5) is 74.3. The molecule has 2 aliphatic heterocycles. The molecule has 7 rings (SSSR count). The number of rotatable bonds is 16. The molecule has 3 aromatic carbocycles. The Morgan fingerprint density at radius 3 is 2.21 bits per heavy atom. The molecular formula is C51H65N11O7S2. The van der Waals surface area contributed by atoms with Crippen LogP contribution < -0.4 is 30.9 Å². The van der Waals surface area contributed by atoms with Crippen molar-refractivity contribution < 1.29 is 32.7 Å². The highest BCUT2D eigenvalue weighted by Gasteiger charge is 2.44. The molecule has 2 saturated heterocycles. The number of aryl methyl sites for hydroxylation is 2. The summed E-state index contributed by atoms with van der Waals surface area (Å²) in [5.41, 5.74) is 6.36. The molecule has 0 aliphatic carbocycles. The number of aliphatic hydroxyl groups excluding tert-OH is 1. The summed E-state index contributed by atoms with van der Waals surface area (Å²) in [6, 6.07) is 20.2. The van der Waals surface area contributed by atoms with Gasteiger partial charge in [0.2, 0.25) is 39.6 Å². The van der Waals surface area contributed by atoms with Gasteiger partial charge in [0, 0.05) is 92.9 Å². The van der Waals surface area contributed by atoms with Crippen LogP contribution in [0.5, 0.6) is 0 Å². The van der Waals surface area contributed by atoms with E-state index in [4.69, 9.17) is 0 Å². The number of aliphatic hydroxyl groups is 1. The summed E-state index contributed by atoms with van der Waals surface area (Å²) in [7, 11) is -3.74. The smallest absolute Gasteiger partial charge is 0.246 e. The van der Waals surface area contributed by atoms with Gasteiger partial charge >= 0.3 is 0 Å². The minimum atomic E-state index is -3.74. The van der Waals surface area contributed by atoms with Crippen LogP contribution in [0.3, 0.4) is 0 Å². The summed E-state index contributed by atoms with van der Waals surface area (Å²) in [6.07, 6.45) is 0.713. The highest BCUT2D eigenvalue weighted by Crippen LogP contribution is 2.30. The van der Waals surface area contributed by atoms with Gasteiger partial charge in [-0.3, -0.25) is 19.2 Å². The number of piperazine rings is 1. The van der Waals surface area contributed by atoms with Crippen molar-refractivity contribution in [2.75, 3.05) is 48.3 Å². The van der Waals surface area contributed by atoms with E-state index < -0.39 is 51.0 Å². The normalized spacial score (nSPS) is 16.9. The molecule has 2 fully saturated rings. The van der Waals surface area contributed by atoms with Crippen molar-refractivity contribution in [3.63, 3.8) is 0 Å². The highest BCUT2D eigenvalue weighted by atomic mass is 32.2. The fourth-order valence-electron chi connectivity index (χ4n) is 8.46. The van der Waals surface area contributed by atoms with Crippen LogP contribution in [0.25, 0.3) is 10.4 Å². The molecule has 0 bridgehead atoms. The second kappa shape index (κ2) is 21.9. The number of carbonyl (C=O) groups is 4. The monoisotopic (exact) mass is 1010 g/mol. The fraction of sp³-hybridized carbons (Fsp3) is 0.431. The van der Waals surface area contributed by atoms with E-state index in [0.717, 1.165) is 38.6 Å². The van der Waals surface area contributed by atoms with Crippen LogP contribution in [0.2, 0.25) is 0 Å². The Labute approximate surface area is 420 Å². The Balaban J connectivity index is 0.867. The number of likely N-dealkylation sites (tertiary alicyclic amines) is 1. The number of nitrogens with zero attached hydrogens (tertiary/aromatic N) is 6. The van der Waals surface area contributed by atoms with Gasteiger partial charge in [-0.25, -0.2) is 23.1 Å². The first kappa shape index (κ1) is 52.3. The van der Waals surface area contributed by atoms with Crippen molar-refractivity contribution in [1.29, 1.82) is 0 Å². The van der Waals surface area contributed by atoms with Gasteiger partial charge in [0.1, 0.15) is 17.9 Å². The van der Waals surface area contributed by atoms with Crippen LogP contribution >= 0.6 is 11.3 Å². The SMILES string of the molecule is Cc1cnc(Nc2ccc(N3CCN(C(=O)CCC(=O)NC(C(=O)N4C[C@H](O)C[C@H]4C(=O)NCc4ccc(-c5scnc5C)cc4)C(C)(C)C)CC3)cc2)nc1Nc1cccc(S(=O)(=O)NC(C)(C)C)c1. The van der Waals surface area contributed by atoms with E-state index in [1.165, 1.54) is 4.90 Å². The van der Waals surface area contributed by atoms with Gasteiger partial charge in [-0.05, 0) is 93.6 Å². The van der Waals surface area contributed by atoms with Crippen molar-refractivity contribution >= 4 is 73.8 Å². The quantitative estimate of drug-likeness (QED) is 0.0665. The Bertz CT molecular complexity index is 2820. The summed E-state index contributed by atoms with van der Waals surface area (Å²) >= 11 is 1.56. The first-order valence-electron chi connectivity index (χ1n) is 23.7. The lowest BCUT2D eigenvalue weighted by Crippen LogP contribution is -2.57. The number of hydrogen-bond donors (Lipinski definition) is 6. The van der Waals surface area contributed by atoms with E-state index in [1.54, 1.807) is 73.0 Å². The van der Waals surface area contributed by atoms with E-state index in [0.29, 0.717) is 43.6 Å². The van der Waals surface area contributed by atoms with E-state index in [-0.39, 0.29) is 49.1 Å². The lowest BCUT2D eigenvalue weighted by Gasteiger charge is -2.36. The molecule has 2 aromatic heterocycles. The van der Waals surface area contributed by atoms with Crippen LogP contribution in [0.15, 0.2) is 89.4 Å². The molecule has 0 spiro atoms. The predicted molar refractivity (Wildman–Crippen MR) is 276 cm³/mol. The van der Waals surface area contributed by atoms with Crippen LogP contribution in [0.4, 0.5) is 28.8 Å². The maximum Gasteiger partial charge on any atom is 0.246 e. The third kappa shape index (κ3) is 13.7. The second-order valence-electron chi connectivity index (χ2n) is 20.2. The Hall–Kier alpha value is -6.48. The third-order valence-electron chi connectivity index (χ3n) is 12.2. The average Bonchev–Trinajstić information content (AvgIpc) is 3.94. The standard InChI is InChI=1S/C51H65N11O7S2/c1-32-28-53-49(58-46(32)55-37-10-9-11-40(26-37)71(68,69)59-51(6,7)8)56-36-16-18-38(19-17-36)60-22-24-61(25-23-60)43(65)21-20-42(64)57-45(50(3,4)5)48(67)62-30-39(63)27-41(62)47(66)52-29-34-12-14-35(15-13-34)44-33(2)54-31-70-44/h9-19,26,28,31,39,41,45,59,63H,20-25,27,29-30H2,1-8H3,(H,52,66)(H,57,64)(H2,53,55,56,58)/t39-,41+,45?/m1/s1. The van der Waals surface area contributed by atoms with Gasteiger partial charge in [-0.2, -0.15) is 4.98 Å². The van der Waals surface area contributed by atoms with Crippen LogP contribution in [0.1, 0.15) is 77.6 Å². The largest absolute Gasteiger partial charge is 0.391 e. The molecule has 2 aliphatic rings. The zero-order valence-corrected chi connectivity index (χ0v) is 43.2. The molecule has 4 heterocycles. The number of thiazole rings is 1. The second-order valence-corrected chi connectivity index (χ2v) is 22.8. The number of hydrogen-bond acceptors (Lipinski definition) is 14. The van der Waals surface area contributed by atoms with Crippen LogP contribution in [-0.4, -0.2) is 118 Å².